The molecule has 7 nitrogen and oxygen atoms in total. The standard InChI is InChI=1S/C30H28Cl2N4O3/c1-37-27-16-26(24(31)15-25(27)32)35-28-21(17-33)18-34-29-23(28)8-7-22(30(29)38-2)20-5-3-19(4-6-20)9-10-36-11-13-39-14-12-36/h3-8,15-16,18H,9-14H2,1-2H3,(H,34,35). The zero-order chi connectivity index (χ0) is 27.4. The van der Waals surface area contributed by atoms with Crippen molar-refractivity contribution in [3.63, 3.8) is 0 Å². The van der Waals surface area contributed by atoms with Gasteiger partial charge in [0.1, 0.15) is 17.3 Å². The summed E-state index contributed by atoms with van der Waals surface area (Å²) in [7, 11) is 3.16. The quantitative estimate of drug-likeness (QED) is 0.255. The predicted molar refractivity (Wildman–Crippen MR) is 156 cm³/mol. The van der Waals surface area contributed by atoms with Gasteiger partial charge in [-0.2, -0.15) is 5.26 Å². The first-order chi connectivity index (χ1) is 19.0. The van der Waals surface area contributed by atoms with Crippen LogP contribution in [0.25, 0.3) is 22.0 Å². The lowest BCUT2D eigenvalue weighted by atomic mass is 9.98. The second-order valence-electron chi connectivity index (χ2n) is 9.19. The van der Waals surface area contributed by atoms with Crippen molar-refractivity contribution in [1.29, 1.82) is 5.26 Å². The maximum Gasteiger partial charge on any atom is 0.152 e. The number of morpholine rings is 1. The highest BCUT2D eigenvalue weighted by molar-refractivity contribution is 6.37. The molecule has 0 unspecified atom stereocenters. The van der Waals surface area contributed by atoms with E-state index in [9.17, 15) is 5.26 Å². The second-order valence-corrected chi connectivity index (χ2v) is 10.0. The molecule has 1 aromatic heterocycles. The van der Waals surface area contributed by atoms with Crippen LogP contribution in [0.5, 0.6) is 11.5 Å². The monoisotopic (exact) mass is 562 g/mol. The summed E-state index contributed by atoms with van der Waals surface area (Å²) in [6.45, 7) is 4.61. The van der Waals surface area contributed by atoms with Crippen LogP contribution in [0, 0.1) is 11.3 Å². The second kappa shape index (κ2) is 12.1. The number of ether oxygens (including phenoxy) is 3. The molecule has 1 aliphatic rings. The van der Waals surface area contributed by atoms with Crippen LogP contribution in [0.2, 0.25) is 10.0 Å². The minimum atomic E-state index is 0.368. The zero-order valence-corrected chi connectivity index (χ0v) is 23.3. The number of benzene rings is 3. The summed E-state index contributed by atoms with van der Waals surface area (Å²) in [4.78, 5) is 7.03. The van der Waals surface area contributed by atoms with Gasteiger partial charge in [-0.1, -0.05) is 47.5 Å². The van der Waals surface area contributed by atoms with Gasteiger partial charge in [-0.25, -0.2) is 0 Å². The maximum atomic E-state index is 9.83. The number of methoxy groups -OCH3 is 2. The van der Waals surface area contributed by atoms with E-state index in [1.165, 1.54) is 18.9 Å². The van der Waals surface area contributed by atoms with E-state index in [0.717, 1.165) is 55.8 Å². The third-order valence-corrected chi connectivity index (χ3v) is 7.51. The molecule has 2 heterocycles. The van der Waals surface area contributed by atoms with Crippen LogP contribution in [-0.2, 0) is 11.2 Å². The van der Waals surface area contributed by atoms with Gasteiger partial charge in [0.25, 0.3) is 0 Å². The van der Waals surface area contributed by atoms with Gasteiger partial charge in [0.15, 0.2) is 5.75 Å². The van der Waals surface area contributed by atoms with Gasteiger partial charge in [-0.05, 0) is 35.7 Å². The van der Waals surface area contributed by atoms with E-state index in [1.807, 2.05) is 12.1 Å². The number of pyridine rings is 1. The van der Waals surface area contributed by atoms with Crippen molar-refractivity contribution in [3.8, 4) is 28.7 Å². The topological polar surface area (TPSA) is 79.6 Å². The Morgan fingerprint density at radius 1 is 1.03 bits per heavy atom. The van der Waals surface area contributed by atoms with Gasteiger partial charge in [-0.3, -0.25) is 9.88 Å². The Morgan fingerprint density at radius 3 is 2.49 bits per heavy atom. The normalized spacial score (nSPS) is 13.7. The predicted octanol–water partition coefficient (Wildman–Crippen LogP) is 6.72. The molecule has 0 saturated carbocycles. The SMILES string of the molecule is COc1cc(Nc2c(C#N)cnc3c(OC)c(-c4ccc(CCN5CCOCC5)cc4)ccc23)c(Cl)cc1Cl. The van der Waals surface area contributed by atoms with Crippen LogP contribution >= 0.6 is 23.2 Å². The van der Waals surface area contributed by atoms with E-state index in [4.69, 9.17) is 37.4 Å². The summed E-state index contributed by atoms with van der Waals surface area (Å²) >= 11 is 12.7. The van der Waals surface area contributed by atoms with Crippen LogP contribution < -0.4 is 14.8 Å². The summed E-state index contributed by atoms with van der Waals surface area (Å²) in [5.74, 6) is 1.09. The van der Waals surface area contributed by atoms with Crippen LogP contribution in [0.1, 0.15) is 11.1 Å². The number of halogens is 2. The lowest BCUT2D eigenvalue weighted by Crippen LogP contribution is -2.37. The van der Waals surface area contributed by atoms with Crippen LogP contribution in [0.15, 0.2) is 54.7 Å². The van der Waals surface area contributed by atoms with Gasteiger partial charge in [0.2, 0.25) is 0 Å². The number of hydrogen-bond acceptors (Lipinski definition) is 7. The van der Waals surface area contributed by atoms with E-state index in [-0.39, 0.29) is 0 Å². The van der Waals surface area contributed by atoms with E-state index in [0.29, 0.717) is 44.0 Å². The molecule has 9 heteroatoms. The number of anilines is 2. The molecule has 0 bridgehead atoms. The average Bonchev–Trinajstić information content (AvgIpc) is 2.97. The van der Waals surface area contributed by atoms with Crippen LogP contribution in [-0.4, -0.2) is 57.0 Å². The summed E-state index contributed by atoms with van der Waals surface area (Å²) in [5.41, 5.74) is 5.34. The van der Waals surface area contributed by atoms with Crippen molar-refractivity contribution in [2.24, 2.45) is 0 Å². The van der Waals surface area contributed by atoms with Gasteiger partial charge >= 0.3 is 0 Å². The highest BCUT2D eigenvalue weighted by Gasteiger charge is 2.18. The van der Waals surface area contributed by atoms with Crippen molar-refractivity contribution >= 4 is 45.5 Å². The third-order valence-electron chi connectivity index (χ3n) is 6.90. The van der Waals surface area contributed by atoms with E-state index < -0.39 is 0 Å². The van der Waals surface area contributed by atoms with E-state index >= 15 is 0 Å². The fourth-order valence-electron chi connectivity index (χ4n) is 4.77. The van der Waals surface area contributed by atoms with Crippen molar-refractivity contribution in [1.82, 2.24) is 9.88 Å². The summed E-state index contributed by atoms with van der Waals surface area (Å²) < 4.78 is 16.7. The first kappa shape index (κ1) is 27.0. The van der Waals surface area contributed by atoms with Gasteiger partial charge in [0.05, 0.1) is 54.4 Å². The molecule has 1 aliphatic heterocycles. The van der Waals surface area contributed by atoms with Crippen LogP contribution in [0.3, 0.4) is 0 Å². The molecule has 0 aliphatic carbocycles. The Morgan fingerprint density at radius 2 is 1.79 bits per heavy atom. The fourth-order valence-corrected chi connectivity index (χ4v) is 5.28. The molecule has 0 spiro atoms. The third kappa shape index (κ3) is 5.75. The molecular weight excluding hydrogens is 535 g/mol. The minimum absolute atomic E-state index is 0.368. The maximum absolute atomic E-state index is 9.83. The first-order valence-electron chi connectivity index (χ1n) is 12.6. The van der Waals surface area contributed by atoms with Crippen molar-refractivity contribution in [3.05, 3.63) is 75.9 Å². The molecular formula is C30H28Cl2N4O3. The van der Waals surface area contributed by atoms with Crippen molar-refractivity contribution < 1.29 is 14.2 Å². The number of nitriles is 1. The molecule has 1 N–H and O–H groups in total. The average molecular weight is 563 g/mol. The molecule has 200 valence electrons. The number of nitrogens with one attached hydrogen (secondary N) is 1. The lowest BCUT2D eigenvalue weighted by molar-refractivity contribution is 0.0384. The van der Waals surface area contributed by atoms with E-state index in [1.54, 1.807) is 19.2 Å². The molecule has 1 saturated heterocycles. The summed E-state index contributed by atoms with van der Waals surface area (Å²) in [6, 6.07) is 18.0. The summed E-state index contributed by atoms with van der Waals surface area (Å²) in [5, 5.41) is 14.6. The molecule has 39 heavy (non-hydrogen) atoms. The van der Waals surface area contributed by atoms with Gasteiger partial charge in [-0.15, -0.1) is 0 Å². The molecule has 0 amide bonds. The Labute approximate surface area is 237 Å². The number of aromatic nitrogens is 1. The van der Waals surface area contributed by atoms with Crippen LogP contribution in [0.4, 0.5) is 11.4 Å². The zero-order valence-electron chi connectivity index (χ0n) is 21.8. The largest absolute Gasteiger partial charge is 0.495 e. The Kier molecular flexibility index (Phi) is 8.39. The highest BCUT2D eigenvalue weighted by atomic mass is 35.5. The smallest absolute Gasteiger partial charge is 0.152 e. The van der Waals surface area contributed by atoms with Gasteiger partial charge < -0.3 is 19.5 Å². The number of hydrogen-bond donors (Lipinski definition) is 1. The van der Waals surface area contributed by atoms with E-state index in [2.05, 4.69) is 45.5 Å². The van der Waals surface area contributed by atoms with Crippen molar-refractivity contribution in [2.45, 2.75) is 6.42 Å². The molecule has 0 radical (unpaired) electrons. The van der Waals surface area contributed by atoms with Gasteiger partial charge in [0, 0.05) is 42.8 Å². The minimum Gasteiger partial charge on any atom is -0.495 e. The molecule has 3 aromatic carbocycles. The Bertz CT molecular complexity index is 1530. The number of nitrogens with zero attached hydrogens (tertiary/aromatic N) is 3. The lowest BCUT2D eigenvalue weighted by Gasteiger charge is -2.26. The molecule has 1 fully saturated rings. The Hall–Kier alpha value is -3.54. The molecule has 4 aromatic rings. The first-order valence-corrected chi connectivity index (χ1v) is 13.4. The number of fused-ring (bicyclic) bond motifs is 1. The summed E-state index contributed by atoms with van der Waals surface area (Å²) in [6.07, 6.45) is 2.52. The molecule has 5 rings (SSSR count). The fraction of sp³-hybridized carbons (Fsp3) is 0.267. The molecule has 0 atom stereocenters. The van der Waals surface area contributed by atoms with Crippen molar-refractivity contribution in [2.75, 3.05) is 52.4 Å². The Balaban J connectivity index is 1.48. The number of rotatable bonds is 8. The highest BCUT2D eigenvalue weighted by Crippen LogP contribution is 2.42.